The van der Waals surface area contributed by atoms with Gasteiger partial charge in [-0.2, -0.15) is 0 Å². The van der Waals surface area contributed by atoms with Gasteiger partial charge in [0.1, 0.15) is 12.3 Å². The summed E-state index contributed by atoms with van der Waals surface area (Å²) in [7, 11) is 1.26. The maximum atomic E-state index is 14.5. The third-order valence-electron chi connectivity index (χ3n) is 9.79. The third kappa shape index (κ3) is 7.77. The number of halogens is 2. The molecule has 2 aromatic rings. The van der Waals surface area contributed by atoms with Crippen LogP contribution < -0.4 is 18.9 Å². The number of aliphatic imine (C=N–C) groups is 2. The first kappa shape index (κ1) is 37.2. The molecule has 2 aromatic carbocycles. The predicted molar refractivity (Wildman–Crippen MR) is 189 cm³/mol. The largest absolute Gasteiger partial charge is 0.493 e. The fraction of sp³-hybridized carbons (Fsp3) is 0.514. The molecular weight excluding hydrogens is 703 g/mol. The number of benzene rings is 2. The Morgan fingerprint density at radius 2 is 1.31 bits per heavy atom. The number of nitrogens with zero attached hydrogens (tertiary/aromatic N) is 5. The SMILES string of the molecule is COc1cc2c(cc1OCCP(=O)(CCOc1cc3c(cc1OC)C(=O)N1C[C@H](F)C[C@H]1C=N3)N(C)CCCC(=O)O)N=C[C@@H]1C[C@@H](F)CN1C2=O. The van der Waals surface area contributed by atoms with Crippen LogP contribution in [0, 0.1) is 0 Å². The maximum Gasteiger partial charge on any atom is 0.303 e. The molecule has 0 aromatic heterocycles. The van der Waals surface area contributed by atoms with Gasteiger partial charge in [0.25, 0.3) is 11.8 Å². The van der Waals surface area contributed by atoms with Gasteiger partial charge in [-0.3, -0.25) is 29.0 Å². The fourth-order valence-corrected chi connectivity index (χ4v) is 9.07. The molecule has 0 saturated carbocycles. The van der Waals surface area contributed by atoms with E-state index in [1.807, 2.05) is 0 Å². The van der Waals surface area contributed by atoms with Gasteiger partial charge in [-0.1, -0.05) is 0 Å². The van der Waals surface area contributed by atoms with E-state index in [1.165, 1.54) is 36.2 Å². The lowest BCUT2D eigenvalue weighted by Crippen LogP contribution is -2.35. The summed E-state index contributed by atoms with van der Waals surface area (Å²) in [4.78, 5) is 49.5. The van der Waals surface area contributed by atoms with Crippen molar-refractivity contribution in [1.29, 1.82) is 0 Å². The summed E-state index contributed by atoms with van der Waals surface area (Å²) >= 11 is 0. The number of hydrogen-bond donors (Lipinski definition) is 1. The van der Waals surface area contributed by atoms with Gasteiger partial charge >= 0.3 is 5.97 Å². The number of amides is 2. The zero-order valence-corrected chi connectivity index (χ0v) is 30.1. The number of rotatable bonds is 15. The maximum absolute atomic E-state index is 14.5. The minimum Gasteiger partial charge on any atom is -0.493 e. The number of methoxy groups -OCH3 is 2. The number of carbonyl (C=O) groups excluding carboxylic acids is 2. The van der Waals surface area contributed by atoms with Crippen LogP contribution >= 0.6 is 7.29 Å². The van der Waals surface area contributed by atoms with Gasteiger partial charge in [-0.05, 0) is 25.6 Å². The second-order valence-corrected chi connectivity index (χ2v) is 16.5. The zero-order valence-electron chi connectivity index (χ0n) is 29.2. The smallest absolute Gasteiger partial charge is 0.303 e. The molecule has 17 heteroatoms. The number of carbonyl (C=O) groups is 3. The molecule has 4 aliphatic heterocycles. The zero-order chi connectivity index (χ0) is 37.2. The Labute approximate surface area is 299 Å². The lowest BCUT2D eigenvalue weighted by atomic mass is 10.1. The topological polar surface area (TPSA) is 160 Å². The summed E-state index contributed by atoms with van der Waals surface area (Å²) in [6, 6.07) is 5.27. The molecule has 4 heterocycles. The van der Waals surface area contributed by atoms with Crippen molar-refractivity contribution in [3.63, 3.8) is 0 Å². The summed E-state index contributed by atoms with van der Waals surface area (Å²) in [6.45, 7) is 0.172. The average Bonchev–Trinajstić information content (AvgIpc) is 3.63. The lowest BCUT2D eigenvalue weighted by molar-refractivity contribution is -0.137. The van der Waals surface area contributed by atoms with Crippen molar-refractivity contribution in [1.82, 2.24) is 14.5 Å². The molecule has 6 rings (SSSR count). The average molecular weight is 746 g/mol. The van der Waals surface area contributed by atoms with Gasteiger partial charge in [0.15, 0.2) is 30.3 Å². The van der Waals surface area contributed by atoms with Crippen LogP contribution in [0.25, 0.3) is 0 Å². The summed E-state index contributed by atoms with van der Waals surface area (Å²) in [5, 5.41) is 9.16. The monoisotopic (exact) mass is 745 g/mol. The van der Waals surface area contributed by atoms with E-state index < -0.39 is 37.7 Å². The van der Waals surface area contributed by atoms with Crippen LogP contribution in [-0.2, 0) is 9.36 Å². The van der Waals surface area contributed by atoms with Crippen LogP contribution in [-0.4, -0.2) is 141 Å². The standard InChI is InChI=1S/C35H42F2N5O9P/c1-40(6-4-5-33(43)44)52(47,9-7-50-31-15-27-25(13-29(31)48-2)34(45)41-19-21(36)11-23(41)17-38-27)10-8-51-32-16-28-26(14-30(32)49-3)35(46)42-20-22(37)12-24(42)18-39-28/h13-18,21-24H,4-12,19-20H2,1-3H3,(H,43,44)/t21-,22-,23+,24+/m1/s1. The van der Waals surface area contributed by atoms with Crippen LogP contribution in [0.2, 0.25) is 0 Å². The highest BCUT2D eigenvalue weighted by molar-refractivity contribution is 7.61. The van der Waals surface area contributed by atoms with Gasteiger partial charge < -0.3 is 38.4 Å². The Hall–Kier alpha value is -4.56. The summed E-state index contributed by atoms with van der Waals surface area (Å²) in [6.07, 6.45) is 1.53. The molecule has 2 fully saturated rings. The van der Waals surface area contributed by atoms with Gasteiger partial charge in [-0.15, -0.1) is 0 Å². The molecule has 280 valence electrons. The first-order valence-corrected chi connectivity index (χ1v) is 19.1. The van der Waals surface area contributed by atoms with Crippen molar-refractivity contribution < 1.29 is 51.8 Å². The van der Waals surface area contributed by atoms with Crippen molar-refractivity contribution in [2.24, 2.45) is 9.98 Å². The quantitative estimate of drug-likeness (QED) is 0.252. The summed E-state index contributed by atoms with van der Waals surface area (Å²) < 4.78 is 67.5. The summed E-state index contributed by atoms with van der Waals surface area (Å²) in [5.74, 6) is -0.597. The number of carboxylic acids is 1. The van der Waals surface area contributed by atoms with Crippen molar-refractivity contribution in [3.05, 3.63) is 35.4 Å². The number of alkyl halides is 2. The fourth-order valence-electron chi connectivity index (χ4n) is 6.91. The Balaban J connectivity index is 1.16. The highest BCUT2D eigenvalue weighted by Gasteiger charge is 2.39. The second-order valence-electron chi connectivity index (χ2n) is 13.2. The van der Waals surface area contributed by atoms with Crippen LogP contribution in [0.3, 0.4) is 0 Å². The molecule has 2 amide bonds. The Bertz CT molecular complexity index is 1710. The van der Waals surface area contributed by atoms with E-state index in [0.29, 0.717) is 11.4 Å². The molecular formula is C35H42F2N5O9P. The highest BCUT2D eigenvalue weighted by Crippen LogP contribution is 2.49. The molecule has 0 spiro atoms. The van der Waals surface area contributed by atoms with E-state index in [4.69, 9.17) is 24.1 Å². The van der Waals surface area contributed by atoms with Gasteiger partial charge in [0.2, 0.25) is 0 Å². The highest BCUT2D eigenvalue weighted by atomic mass is 31.2. The van der Waals surface area contributed by atoms with E-state index in [2.05, 4.69) is 9.98 Å². The first-order chi connectivity index (χ1) is 24.9. The second kappa shape index (κ2) is 15.6. The van der Waals surface area contributed by atoms with Crippen LogP contribution in [0.5, 0.6) is 23.0 Å². The summed E-state index contributed by atoms with van der Waals surface area (Å²) in [5.41, 5.74) is 1.21. The lowest BCUT2D eigenvalue weighted by Gasteiger charge is -2.29. The van der Waals surface area contributed by atoms with Crippen LogP contribution in [0.15, 0.2) is 34.3 Å². The van der Waals surface area contributed by atoms with Crippen molar-refractivity contribution in [2.45, 2.75) is 50.1 Å². The van der Waals surface area contributed by atoms with E-state index in [1.54, 1.807) is 36.3 Å². The Morgan fingerprint density at radius 3 is 1.73 bits per heavy atom. The number of aliphatic carboxylic acids is 1. The number of ether oxygens (including phenoxy) is 4. The number of fused-ring (bicyclic) bond motifs is 4. The molecule has 0 unspecified atom stereocenters. The van der Waals surface area contributed by atoms with E-state index in [0.717, 1.165) is 0 Å². The first-order valence-electron chi connectivity index (χ1n) is 17.1. The molecule has 52 heavy (non-hydrogen) atoms. The minimum atomic E-state index is -3.25. The molecule has 2 saturated heterocycles. The minimum absolute atomic E-state index is 0.0114. The van der Waals surface area contributed by atoms with Crippen molar-refractivity contribution >= 4 is 48.9 Å². The van der Waals surface area contributed by atoms with Crippen LogP contribution in [0.4, 0.5) is 20.2 Å². The normalized spacial score (nSPS) is 22.0. The molecule has 0 radical (unpaired) electrons. The predicted octanol–water partition coefficient (Wildman–Crippen LogP) is 4.77. The Kier molecular flexibility index (Phi) is 11.2. The Morgan fingerprint density at radius 1 is 0.846 bits per heavy atom. The third-order valence-corrected chi connectivity index (χ3v) is 13.0. The van der Waals surface area contributed by atoms with Crippen molar-refractivity contribution in [2.75, 3.05) is 66.4 Å². The molecule has 4 aliphatic rings. The molecule has 4 atom stereocenters. The molecule has 0 aliphatic carbocycles. The molecule has 14 nitrogen and oxygen atoms in total. The van der Waals surface area contributed by atoms with Gasteiger partial charge in [0.05, 0.1) is 75.1 Å². The van der Waals surface area contributed by atoms with Crippen LogP contribution in [0.1, 0.15) is 46.4 Å². The van der Waals surface area contributed by atoms with Gasteiger partial charge in [0, 0.05) is 62.7 Å². The van der Waals surface area contributed by atoms with Gasteiger partial charge in [-0.25, -0.2) is 8.78 Å². The van der Waals surface area contributed by atoms with E-state index >= 15 is 0 Å². The van der Waals surface area contributed by atoms with E-state index in [-0.39, 0.29) is 117 Å². The van der Waals surface area contributed by atoms with E-state index in [9.17, 15) is 27.7 Å². The molecule has 1 N–H and O–H groups in total. The van der Waals surface area contributed by atoms with Crippen molar-refractivity contribution in [3.8, 4) is 23.0 Å². The number of carboxylic acid groups (broad SMARTS) is 1. The molecule has 0 bridgehead atoms. The number of hydrogen-bond acceptors (Lipinski definition) is 10.